The number of ether oxygens (including phenoxy) is 1. The summed E-state index contributed by atoms with van der Waals surface area (Å²) in [6, 6.07) is 10.0. The average molecular weight is 372 g/mol. The monoisotopic (exact) mass is 372 g/mol. The fourth-order valence-electron chi connectivity index (χ4n) is 3.64. The minimum atomic E-state index is -0.892. The van der Waals surface area contributed by atoms with E-state index < -0.39 is 11.9 Å². The molecule has 0 fully saturated rings. The second-order valence-corrected chi connectivity index (χ2v) is 7.46. The third-order valence-electron chi connectivity index (χ3n) is 4.86. The van der Waals surface area contributed by atoms with Crippen LogP contribution in [0, 0.1) is 11.7 Å². The Labute approximate surface area is 158 Å². The molecule has 0 saturated heterocycles. The highest BCUT2D eigenvalue weighted by Gasteiger charge is 2.26. The predicted octanol–water partition coefficient (Wildman–Crippen LogP) is 4.87. The second kappa shape index (κ2) is 7.86. The zero-order valence-electron chi connectivity index (χ0n) is 15.6. The molecule has 0 saturated carbocycles. The maximum Gasteiger partial charge on any atom is 0.407 e. The van der Waals surface area contributed by atoms with Crippen molar-refractivity contribution in [1.82, 2.24) is 4.90 Å². The number of hydrogen-bond acceptors (Lipinski definition) is 3. The van der Waals surface area contributed by atoms with Gasteiger partial charge in [-0.05, 0) is 54.2 Å². The van der Waals surface area contributed by atoms with E-state index in [1.54, 1.807) is 6.07 Å². The maximum absolute atomic E-state index is 14.0. The number of amides is 1. The first-order valence-corrected chi connectivity index (χ1v) is 9.17. The number of benzene rings is 2. The molecule has 1 atom stereocenters. The molecule has 3 N–H and O–H groups in total. The van der Waals surface area contributed by atoms with Crippen LogP contribution in [0.3, 0.4) is 0 Å². The third kappa shape index (κ3) is 4.51. The molecular weight excluding hydrogens is 347 g/mol. The van der Waals surface area contributed by atoms with Crippen LogP contribution in [0.2, 0.25) is 0 Å². The number of nitrogens with two attached hydrogens (primary N) is 1. The van der Waals surface area contributed by atoms with Crippen molar-refractivity contribution >= 4 is 11.8 Å². The molecule has 0 bridgehead atoms. The van der Waals surface area contributed by atoms with Gasteiger partial charge < -0.3 is 20.5 Å². The fourth-order valence-corrected chi connectivity index (χ4v) is 3.64. The van der Waals surface area contributed by atoms with Crippen LogP contribution in [-0.2, 0) is 6.42 Å². The van der Waals surface area contributed by atoms with Crippen molar-refractivity contribution < 1.29 is 19.0 Å². The molecular formula is C21H25FN2O3. The van der Waals surface area contributed by atoms with Crippen LogP contribution < -0.4 is 10.5 Å². The van der Waals surface area contributed by atoms with Gasteiger partial charge in [-0.15, -0.1) is 0 Å². The molecule has 5 nitrogen and oxygen atoms in total. The van der Waals surface area contributed by atoms with Gasteiger partial charge in [-0.1, -0.05) is 19.9 Å². The highest BCUT2D eigenvalue weighted by Crippen LogP contribution is 2.34. The van der Waals surface area contributed by atoms with E-state index in [0.29, 0.717) is 36.9 Å². The molecule has 1 amide bonds. The summed E-state index contributed by atoms with van der Waals surface area (Å²) in [4.78, 5) is 13.0. The lowest BCUT2D eigenvalue weighted by Gasteiger charge is -2.24. The van der Waals surface area contributed by atoms with Gasteiger partial charge in [0.15, 0.2) is 11.6 Å². The van der Waals surface area contributed by atoms with Crippen molar-refractivity contribution in [2.75, 3.05) is 18.8 Å². The molecule has 1 aliphatic rings. The summed E-state index contributed by atoms with van der Waals surface area (Å²) in [6.07, 6.45) is 0.623. The summed E-state index contributed by atoms with van der Waals surface area (Å²) in [5.74, 6) is 0.727. The smallest absolute Gasteiger partial charge is 0.407 e. The molecule has 0 aliphatic carbocycles. The van der Waals surface area contributed by atoms with Crippen LogP contribution in [-0.4, -0.2) is 29.2 Å². The van der Waals surface area contributed by atoms with Crippen molar-refractivity contribution in [2.24, 2.45) is 5.92 Å². The van der Waals surface area contributed by atoms with Crippen LogP contribution in [0.15, 0.2) is 36.4 Å². The van der Waals surface area contributed by atoms with E-state index in [0.717, 1.165) is 17.5 Å². The number of anilines is 1. The van der Waals surface area contributed by atoms with Gasteiger partial charge in [0.25, 0.3) is 0 Å². The van der Waals surface area contributed by atoms with Gasteiger partial charge in [-0.25, -0.2) is 9.18 Å². The predicted molar refractivity (Wildman–Crippen MR) is 103 cm³/mol. The minimum Gasteiger partial charge on any atom is -0.465 e. The van der Waals surface area contributed by atoms with E-state index in [4.69, 9.17) is 10.5 Å². The van der Waals surface area contributed by atoms with Crippen molar-refractivity contribution in [2.45, 2.75) is 32.6 Å². The molecule has 2 aromatic carbocycles. The summed E-state index contributed by atoms with van der Waals surface area (Å²) < 4.78 is 19.7. The standard InChI is InChI=1S/C21H25FN2O3/c1-13(2)9-15-12-24(21(25)26)8-7-14-10-17(4-5-18(14)15)27-20-6-3-16(23)11-19(20)22/h3-6,10-11,13,15H,7-9,12,23H2,1-2H3,(H,25,26). The Kier molecular flexibility index (Phi) is 5.54. The number of halogens is 1. The number of nitrogens with zero attached hydrogens (tertiary/aromatic N) is 1. The molecule has 1 aliphatic heterocycles. The normalized spacial score (nSPS) is 16.7. The molecule has 2 aromatic rings. The minimum absolute atomic E-state index is 0.115. The number of carbonyl (C=O) groups is 1. The molecule has 27 heavy (non-hydrogen) atoms. The third-order valence-corrected chi connectivity index (χ3v) is 4.86. The van der Waals surface area contributed by atoms with Crippen LogP contribution >= 0.6 is 0 Å². The summed E-state index contributed by atoms with van der Waals surface area (Å²) in [5.41, 5.74) is 8.12. The topological polar surface area (TPSA) is 75.8 Å². The summed E-state index contributed by atoms with van der Waals surface area (Å²) in [6.45, 7) is 5.21. The van der Waals surface area contributed by atoms with E-state index in [1.807, 2.05) is 18.2 Å². The summed E-state index contributed by atoms with van der Waals surface area (Å²) in [7, 11) is 0. The van der Waals surface area contributed by atoms with Crippen LogP contribution in [0.4, 0.5) is 14.9 Å². The number of fused-ring (bicyclic) bond motifs is 1. The Bertz CT molecular complexity index is 838. The lowest BCUT2D eigenvalue weighted by Crippen LogP contribution is -2.33. The molecule has 144 valence electrons. The molecule has 6 heteroatoms. The quantitative estimate of drug-likeness (QED) is 0.751. The molecule has 1 heterocycles. The Balaban J connectivity index is 1.89. The highest BCUT2D eigenvalue weighted by molar-refractivity contribution is 5.65. The lowest BCUT2D eigenvalue weighted by atomic mass is 9.87. The Hall–Kier alpha value is -2.76. The Morgan fingerprint density at radius 1 is 1.33 bits per heavy atom. The maximum atomic E-state index is 14.0. The zero-order chi connectivity index (χ0) is 19.6. The second-order valence-electron chi connectivity index (χ2n) is 7.46. The summed E-state index contributed by atoms with van der Waals surface area (Å²) >= 11 is 0. The van der Waals surface area contributed by atoms with Crippen molar-refractivity contribution in [3.05, 3.63) is 53.3 Å². The molecule has 0 aromatic heterocycles. The van der Waals surface area contributed by atoms with Crippen molar-refractivity contribution in [3.63, 3.8) is 0 Å². The van der Waals surface area contributed by atoms with Crippen LogP contribution in [0.1, 0.15) is 37.3 Å². The van der Waals surface area contributed by atoms with Gasteiger partial charge >= 0.3 is 6.09 Å². The Morgan fingerprint density at radius 3 is 2.78 bits per heavy atom. The lowest BCUT2D eigenvalue weighted by molar-refractivity contribution is 0.142. The van der Waals surface area contributed by atoms with E-state index in [1.165, 1.54) is 17.0 Å². The van der Waals surface area contributed by atoms with Crippen LogP contribution in [0.25, 0.3) is 0 Å². The Morgan fingerprint density at radius 2 is 2.11 bits per heavy atom. The molecule has 1 unspecified atom stereocenters. The molecule has 0 radical (unpaired) electrons. The number of carboxylic acid groups (broad SMARTS) is 1. The molecule has 0 spiro atoms. The van der Waals surface area contributed by atoms with Gasteiger partial charge in [0.1, 0.15) is 5.75 Å². The first kappa shape index (κ1) is 19.0. The average Bonchev–Trinajstić information content (AvgIpc) is 2.76. The van der Waals surface area contributed by atoms with Crippen molar-refractivity contribution in [1.29, 1.82) is 0 Å². The number of nitrogen functional groups attached to an aromatic ring is 1. The SMILES string of the molecule is CC(C)CC1CN(C(=O)O)CCc2cc(Oc3ccc(N)cc3F)ccc21. The number of hydrogen-bond donors (Lipinski definition) is 2. The van der Waals surface area contributed by atoms with Crippen LogP contribution in [0.5, 0.6) is 11.5 Å². The van der Waals surface area contributed by atoms with E-state index >= 15 is 0 Å². The van der Waals surface area contributed by atoms with Crippen molar-refractivity contribution in [3.8, 4) is 11.5 Å². The first-order chi connectivity index (χ1) is 12.8. The fraction of sp³-hybridized carbons (Fsp3) is 0.381. The molecule has 3 rings (SSSR count). The van der Waals surface area contributed by atoms with Gasteiger partial charge in [0.2, 0.25) is 0 Å². The zero-order valence-corrected chi connectivity index (χ0v) is 15.6. The van der Waals surface area contributed by atoms with Gasteiger partial charge in [0, 0.05) is 30.8 Å². The van der Waals surface area contributed by atoms with E-state index in [-0.39, 0.29) is 11.7 Å². The first-order valence-electron chi connectivity index (χ1n) is 9.17. The summed E-state index contributed by atoms with van der Waals surface area (Å²) in [5, 5.41) is 9.45. The van der Waals surface area contributed by atoms with E-state index in [9.17, 15) is 14.3 Å². The highest BCUT2D eigenvalue weighted by atomic mass is 19.1. The largest absolute Gasteiger partial charge is 0.465 e. The number of rotatable bonds is 4. The van der Waals surface area contributed by atoms with Gasteiger partial charge in [-0.2, -0.15) is 0 Å². The van der Waals surface area contributed by atoms with Gasteiger partial charge in [-0.3, -0.25) is 0 Å². The van der Waals surface area contributed by atoms with Gasteiger partial charge in [0.05, 0.1) is 0 Å². The van der Waals surface area contributed by atoms with E-state index in [2.05, 4.69) is 13.8 Å².